The minimum atomic E-state index is -0.623. The van der Waals surface area contributed by atoms with Crippen LogP contribution in [0.1, 0.15) is 5.56 Å². The fraction of sp³-hybridized carbons (Fsp3) is 0.0909. The lowest BCUT2D eigenvalue weighted by molar-refractivity contribution is 0.414. The Bertz CT molecular complexity index is 592. The molecule has 0 fully saturated rings. The Labute approximate surface area is 96.1 Å². The second-order valence-electron chi connectivity index (χ2n) is 3.23. The molecule has 82 valence electrons. The average Bonchev–Trinajstić information content (AvgIpc) is 2.26. The van der Waals surface area contributed by atoms with Crippen LogP contribution in [0, 0.1) is 6.92 Å². The Morgan fingerprint density at radius 1 is 1.38 bits per heavy atom. The first-order chi connectivity index (χ1) is 7.59. The molecular weight excluding hydrogens is 230 g/mol. The quantitative estimate of drug-likeness (QED) is 0.827. The molecule has 0 aliphatic carbocycles. The fourth-order valence-electron chi connectivity index (χ4n) is 1.21. The van der Waals surface area contributed by atoms with E-state index >= 15 is 0 Å². The molecule has 4 nitrogen and oxygen atoms in total. The van der Waals surface area contributed by atoms with Crippen LogP contribution in [0.15, 0.2) is 33.5 Å². The zero-order chi connectivity index (χ0) is 11.7. The van der Waals surface area contributed by atoms with Crippen molar-refractivity contribution in [2.24, 2.45) is 0 Å². The predicted molar refractivity (Wildman–Crippen MR) is 59.6 cm³/mol. The van der Waals surface area contributed by atoms with Crippen molar-refractivity contribution in [2.45, 2.75) is 6.92 Å². The van der Waals surface area contributed by atoms with Gasteiger partial charge in [-0.25, -0.2) is 4.79 Å². The Hall–Kier alpha value is -1.81. The Kier molecular flexibility index (Phi) is 2.66. The van der Waals surface area contributed by atoms with Crippen molar-refractivity contribution in [3.63, 3.8) is 0 Å². The van der Waals surface area contributed by atoms with Crippen LogP contribution >= 0.6 is 11.6 Å². The fourth-order valence-corrected chi connectivity index (χ4v) is 1.42. The molecule has 0 aliphatic rings. The van der Waals surface area contributed by atoms with E-state index in [1.54, 1.807) is 24.3 Å². The van der Waals surface area contributed by atoms with Gasteiger partial charge in [0.2, 0.25) is 11.8 Å². The molecule has 0 bridgehead atoms. The lowest BCUT2D eigenvalue weighted by Crippen LogP contribution is -2.05. The van der Waals surface area contributed by atoms with Crippen LogP contribution in [0.4, 0.5) is 0 Å². The zero-order valence-electron chi connectivity index (χ0n) is 8.40. The zero-order valence-corrected chi connectivity index (χ0v) is 9.15. The van der Waals surface area contributed by atoms with Crippen molar-refractivity contribution in [3.8, 4) is 17.3 Å². The van der Waals surface area contributed by atoms with Crippen molar-refractivity contribution in [1.29, 1.82) is 0 Å². The molecule has 0 saturated carbocycles. The molecule has 0 saturated heterocycles. The highest BCUT2D eigenvalue weighted by Crippen LogP contribution is 2.26. The van der Waals surface area contributed by atoms with Crippen molar-refractivity contribution < 1.29 is 9.52 Å². The molecule has 1 heterocycles. The van der Waals surface area contributed by atoms with Crippen molar-refractivity contribution in [3.05, 3.63) is 45.3 Å². The van der Waals surface area contributed by atoms with Crippen molar-refractivity contribution >= 4 is 11.6 Å². The molecular formula is C11H8ClNO3. The van der Waals surface area contributed by atoms with Gasteiger partial charge in [0.15, 0.2) is 0 Å². The predicted octanol–water partition coefficient (Wildman–Crippen LogP) is 2.37. The van der Waals surface area contributed by atoms with Gasteiger partial charge in [0.1, 0.15) is 0 Å². The highest BCUT2D eigenvalue weighted by atomic mass is 35.5. The molecule has 0 aliphatic heterocycles. The highest BCUT2D eigenvalue weighted by molar-refractivity contribution is 6.33. The third kappa shape index (κ3) is 1.79. The number of halogens is 1. The van der Waals surface area contributed by atoms with Gasteiger partial charge in [-0.3, -0.25) is 0 Å². The molecule has 0 amide bonds. The first-order valence-electron chi connectivity index (χ1n) is 4.55. The SMILES string of the molecule is Cc1c(O)nc(-c2ccccc2Cl)oc1=O. The van der Waals surface area contributed by atoms with Gasteiger partial charge >= 0.3 is 5.63 Å². The summed E-state index contributed by atoms with van der Waals surface area (Å²) in [6, 6.07) is 6.79. The third-order valence-corrected chi connectivity index (χ3v) is 2.47. The second kappa shape index (κ2) is 3.98. The monoisotopic (exact) mass is 237 g/mol. The number of benzene rings is 1. The van der Waals surface area contributed by atoms with Crippen LogP contribution in [0.2, 0.25) is 5.02 Å². The van der Waals surface area contributed by atoms with Crippen molar-refractivity contribution in [1.82, 2.24) is 4.98 Å². The molecule has 2 aromatic rings. The van der Waals surface area contributed by atoms with E-state index in [0.29, 0.717) is 10.6 Å². The molecule has 0 radical (unpaired) electrons. The van der Waals surface area contributed by atoms with E-state index in [2.05, 4.69) is 4.98 Å². The summed E-state index contributed by atoms with van der Waals surface area (Å²) < 4.78 is 4.94. The molecule has 1 aromatic heterocycles. The van der Waals surface area contributed by atoms with Crippen molar-refractivity contribution in [2.75, 3.05) is 0 Å². The van der Waals surface area contributed by atoms with E-state index in [-0.39, 0.29) is 17.3 Å². The van der Waals surface area contributed by atoms with Crippen LogP contribution < -0.4 is 5.63 Å². The number of hydrogen-bond donors (Lipinski definition) is 1. The smallest absolute Gasteiger partial charge is 0.345 e. The van der Waals surface area contributed by atoms with Gasteiger partial charge in [0.25, 0.3) is 0 Å². The Morgan fingerprint density at radius 3 is 2.69 bits per heavy atom. The van der Waals surface area contributed by atoms with Gasteiger partial charge in [-0.05, 0) is 19.1 Å². The van der Waals surface area contributed by atoms with Crippen LogP contribution in [0.3, 0.4) is 0 Å². The normalized spacial score (nSPS) is 10.4. The summed E-state index contributed by atoms with van der Waals surface area (Å²) in [7, 11) is 0. The average molecular weight is 238 g/mol. The molecule has 0 unspecified atom stereocenters. The lowest BCUT2D eigenvalue weighted by atomic mass is 10.2. The van der Waals surface area contributed by atoms with E-state index in [1.165, 1.54) is 6.92 Å². The summed E-state index contributed by atoms with van der Waals surface area (Å²) in [6.07, 6.45) is 0. The minimum absolute atomic E-state index is 0.0127. The summed E-state index contributed by atoms with van der Waals surface area (Å²) in [6.45, 7) is 1.44. The van der Waals surface area contributed by atoms with Gasteiger partial charge in [-0.2, -0.15) is 4.98 Å². The summed E-state index contributed by atoms with van der Waals surface area (Å²) in [5.74, 6) is -0.329. The van der Waals surface area contributed by atoms with E-state index in [1.807, 2.05) is 0 Å². The Balaban J connectivity index is 2.67. The summed E-state index contributed by atoms with van der Waals surface area (Å²) in [4.78, 5) is 15.1. The summed E-state index contributed by atoms with van der Waals surface area (Å²) in [5.41, 5.74) is -0.0743. The van der Waals surface area contributed by atoms with Crippen LogP contribution in [-0.2, 0) is 0 Å². The third-order valence-electron chi connectivity index (χ3n) is 2.14. The topological polar surface area (TPSA) is 63.3 Å². The van der Waals surface area contributed by atoms with Gasteiger partial charge in [0, 0.05) is 0 Å². The molecule has 0 spiro atoms. The van der Waals surface area contributed by atoms with E-state index in [4.69, 9.17) is 16.0 Å². The first-order valence-corrected chi connectivity index (χ1v) is 4.93. The number of rotatable bonds is 1. The molecule has 0 atom stereocenters. The molecule has 16 heavy (non-hydrogen) atoms. The largest absolute Gasteiger partial charge is 0.493 e. The maximum Gasteiger partial charge on any atom is 0.345 e. The standard InChI is InChI=1S/C11H8ClNO3/c1-6-9(14)13-10(16-11(6)15)7-4-2-3-5-8(7)12/h2-5,14H,1H3. The van der Waals surface area contributed by atoms with Gasteiger partial charge < -0.3 is 9.52 Å². The number of aromatic nitrogens is 1. The number of aromatic hydroxyl groups is 1. The van der Waals surface area contributed by atoms with Crippen LogP contribution in [0.25, 0.3) is 11.5 Å². The van der Waals surface area contributed by atoms with E-state index in [9.17, 15) is 9.90 Å². The molecule has 5 heteroatoms. The summed E-state index contributed by atoms with van der Waals surface area (Å²) >= 11 is 5.92. The molecule has 1 aromatic carbocycles. The molecule has 2 rings (SSSR count). The maximum atomic E-state index is 11.3. The van der Waals surface area contributed by atoms with Crippen LogP contribution in [-0.4, -0.2) is 10.1 Å². The lowest BCUT2D eigenvalue weighted by Gasteiger charge is -2.02. The number of hydrogen-bond acceptors (Lipinski definition) is 4. The highest BCUT2D eigenvalue weighted by Gasteiger charge is 2.12. The molecule has 1 N–H and O–H groups in total. The second-order valence-corrected chi connectivity index (χ2v) is 3.64. The Morgan fingerprint density at radius 2 is 2.06 bits per heavy atom. The minimum Gasteiger partial charge on any atom is -0.493 e. The van der Waals surface area contributed by atoms with Crippen LogP contribution in [0.5, 0.6) is 5.88 Å². The van der Waals surface area contributed by atoms with E-state index < -0.39 is 5.63 Å². The number of nitrogens with zero attached hydrogens (tertiary/aromatic N) is 1. The van der Waals surface area contributed by atoms with Gasteiger partial charge in [-0.1, -0.05) is 23.7 Å². The summed E-state index contributed by atoms with van der Waals surface area (Å²) in [5, 5.41) is 9.82. The van der Waals surface area contributed by atoms with E-state index in [0.717, 1.165) is 0 Å². The van der Waals surface area contributed by atoms with Gasteiger partial charge in [-0.15, -0.1) is 0 Å². The first kappa shape index (κ1) is 10.7. The maximum absolute atomic E-state index is 11.3. The van der Waals surface area contributed by atoms with Gasteiger partial charge in [0.05, 0.1) is 16.1 Å².